The number of carbonyl (C=O) groups excluding carboxylic acids is 11. The highest BCUT2D eigenvalue weighted by Gasteiger charge is 2.37. The number of primary amides is 2. The predicted molar refractivity (Wildman–Crippen MR) is 249 cm³/mol. The molecular formula is C44H77N9O18. The van der Waals surface area contributed by atoms with Crippen molar-refractivity contribution in [2.75, 3.05) is 27.4 Å². The molecule has 71 heavy (non-hydrogen) atoms. The van der Waals surface area contributed by atoms with Crippen LogP contribution in [0.5, 0.6) is 0 Å². The van der Waals surface area contributed by atoms with Gasteiger partial charge in [-0.15, -0.1) is 0 Å². The van der Waals surface area contributed by atoms with Crippen LogP contribution in [0.4, 0.5) is 0 Å². The van der Waals surface area contributed by atoms with Gasteiger partial charge in [-0.3, -0.25) is 47.9 Å². The lowest BCUT2D eigenvalue weighted by Gasteiger charge is -2.29. The van der Waals surface area contributed by atoms with E-state index in [0.29, 0.717) is 6.42 Å². The molecule has 0 fully saturated rings. The molecule has 4 unspecified atom stereocenters. The molecule has 0 aliphatic heterocycles. The molecule has 406 valence electrons. The second-order valence-corrected chi connectivity index (χ2v) is 17.3. The third-order valence-electron chi connectivity index (χ3n) is 11.1. The van der Waals surface area contributed by atoms with Crippen LogP contribution in [0.1, 0.15) is 124 Å². The van der Waals surface area contributed by atoms with Crippen LogP contribution in [0.2, 0.25) is 0 Å². The Kier molecular flexibility index (Phi) is 31.4. The van der Waals surface area contributed by atoms with Crippen molar-refractivity contribution in [2.45, 2.75) is 184 Å². The van der Waals surface area contributed by atoms with Crippen LogP contribution in [-0.2, 0) is 62.2 Å². The highest BCUT2D eigenvalue weighted by molar-refractivity contribution is 6.00. The van der Waals surface area contributed by atoms with E-state index in [1.807, 2.05) is 10.6 Å². The van der Waals surface area contributed by atoms with Gasteiger partial charge in [0.2, 0.25) is 53.2 Å². The Labute approximate surface area is 412 Å². The summed E-state index contributed by atoms with van der Waals surface area (Å²) in [7, 11) is 1.90. The van der Waals surface area contributed by atoms with E-state index >= 15 is 0 Å². The molecule has 0 spiro atoms. The molecule has 0 aliphatic rings. The fourth-order valence-corrected chi connectivity index (χ4v) is 6.70. The molecule has 0 aromatic heterocycles. The Balaban J connectivity index is 5.85. The number of aliphatic hydroxyl groups is 5. The highest BCUT2D eigenvalue weighted by atomic mass is 16.5. The Bertz CT molecular complexity index is 1780. The van der Waals surface area contributed by atoms with E-state index in [-0.39, 0.29) is 6.42 Å². The number of carbonyl (C=O) groups is 11. The summed E-state index contributed by atoms with van der Waals surface area (Å²) in [5, 5.41) is 65.9. The average molecular weight is 1020 g/mol. The molecule has 16 N–H and O–H groups in total. The predicted octanol–water partition coefficient (Wildman–Crippen LogP) is -4.93. The van der Waals surface area contributed by atoms with Crippen molar-refractivity contribution < 1.29 is 87.7 Å². The summed E-state index contributed by atoms with van der Waals surface area (Å²) in [6.45, 7) is 3.69. The van der Waals surface area contributed by atoms with Gasteiger partial charge < -0.3 is 83.7 Å². The van der Waals surface area contributed by atoms with Crippen molar-refractivity contribution in [3.8, 4) is 0 Å². The average Bonchev–Trinajstić information content (AvgIpc) is 3.30. The summed E-state index contributed by atoms with van der Waals surface area (Å²) in [5.74, 6) is -13.0. The molecule has 0 heterocycles. The van der Waals surface area contributed by atoms with Crippen molar-refractivity contribution in [3.63, 3.8) is 0 Å². The van der Waals surface area contributed by atoms with Crippen molar-refractivity contribution in [3.05, 3.63) is 0 Å². The largest absolute Gasteiger partial charge is 0.469 e. The summed E-state index contributed by atoms with van der Waals surface area (Å²) < 4.78 is 9.09. The fourth-order valence-electron chi connectivity index (χ4n) is 6.70. The monoisotopic (exact) mass is 1020 g/mol. The molecule has 0 aromatic carbocycles. The Morgan fingerprint density at radius 2 is 0.915 bits per heavy atom. The minimum Gasteiger partial charge on any atom is -0.469 e. The van der Waals surface area contributed by atoms with Gasteiger partial charge in [0.15, 0.2) is 6.04 Å². The van der Waals surface area contributed by atoms with Crippen LogP contribution in [0, 0.1) is 0 Å². The quantitative estimate of drug-likeness (QED) is 0.0205. The maximum Gasteiger partial charge on any atom is 0.331 e. The summed E-state index contributed by atoms with van der Waals surface area (Å²) in [6.07, 6.45) is 4.20. The first-order valence-corrected chi connectivity index (χ1v) is 23.4. The number of methoxy groups -OCH3 is 2. The first kappa shape index (κ1) is 65.0. The van der Waals surface area contributed by atoms with Gasteiger partial charge in [0.05, 0.1) is 70.9 Å². The molecule has 9 amide bonds. The SMILES string of the molecule is CCCCCCCCCCCCC(C)(O)C(O)CC(=O)NC(CO)C(=O)N[C@@H](C)C(=O)N[C@@H](CC(=O)OC)C(=O)N[C@@H](CC(N)=O)C(=O)N[C@@H](CC(N)=O)C(=O)NC(CO)C(=O)N[C@H](C(=O)OC)[C@@H](C)O. The van der Waals surface area contributed by atoms with Gasteiger partial charge in [-0.2, -0.15) is 0 Å². The van der Waals surface area contributed by atoms with E-state index in [0.717, 1.165) is 53.8 Å². The number of amides is 9. The molecule has 0 bridgehead atoms. The topological polar surface area (TPSA) is 444 Å². The zero-order chi connectivity index (χ0) is 54.4. The standard InChI is InChI=1S/C44H77N9O18/c1-7-8-9-10-11-12-13-14-15-16-17-44(4,69)31(57)21-34(60)48-29(22-54)41(66)47-24(2)37(62)49-28(20-35(61)70-5)40(65)51-26(18-32(45)58)38(63)50-27(19-33(46)59)39(64)52-30(23-55)42(67)53-36(25(3)56)43(68)71-6/h24-31,36,54-57,69H,7-23H2,1-6H3,(H2,45,58)(H2,46,59)(H,47,66)(H,48,60)(H,49,62)(H,50,63)(H,51,65)(H,52,64)(H,53,67)/t24-,25+,26-,27-,28-,29?,30?,31?,36-,44?/m0/s1. The number of ether oxygens (including phenoxy) is 2. The van der Waals surface area contributed by atoms with Gasteiger partial charge in [0.1, 0.15) is 36.3 Å². The number of nitrogens with two attached hydrogens (primary N) is 2. The van der Waals surface area contributed by atoms with E-state index in [1.165, 1.54) is 39.0 Å². The fraction of sp³-hybridized carbons (Fsp3) is 0.750. The lowest BCUT2D eigenvalue weighted by atomic mass is 9.90. The van der Waals surface area contributed by atoms with Crippen LogP contribution < -0.4 is 48.7 Å². The maximum absolute atomic E-state index is 13.6. The minimum absolute atomic E-state index is 0.198. The van der Waals surface area contributed by atoms with Gasteiger partial charge in [-0.25, -0.2) is 4.79 Å². The van der Waals surface area contributed by atoms with Crippen LogP contribution in [0.15, 0.2) is 0 Å². The van der Waals surface area contributed by atoms with Gasteiger partial charge in [0, 0.05) is 0 Å². The molecule has 0 aliphatic carbocycles. The van der Waals surface area contributed by atoms with E-state index < -0.39 is 164 Å². The van der Waals surface area contributed by atoms with E-state index in [2.05, 4.69) is 43.0 Å². The van der Waals surface area contributed by atoms with Crippen molar-refractivity contribution >= 4 is 65.1 Å². The summed E-state index contributed by atoms with van der Waals surface area (Å²) in [6, 6.07) is -12.6. The summed E-state index contributed by atoms with van der Waals surface area (Å²) >= 11 is 0. The molecule has 0 aromatic rings. The van der Waals surface area contributed by atoms with Gasteiger partial charge >= 0.3 is 11.9 Å². The number of rotatable bonds is 37. The second-order valence-electron chi connectivity index (χ2n) is 17.3. The zero-order valence-electron chi connectivity index (χ0n) is 41.4. The van der Waals surface area contributed by atoms with E-state index in [1.54, 1.807) is 0 Å². The number of hydrogen-bond donors (Lipinski definition) is 14. The number of unbranched alkanes of at least 4 members (excludes halogenated alkanes) is 9. The third kappa shape index (κ3) is 26.1. The zero-order valence-corrected chi connectivity index (χ0v) is 41.4. The van der Waals surface area contributed by atoms with Gasteiger partial charge in [-0.05, 0) is 27.2 Å². The molecule has 27 heteroatoms. The molecule has 0 radical (unpaired) electrons. The van der Waals surface area contributed by atoms with Crippen LogP contribution >= 0.6 is 0 Å². The van der Waals surface area contributed by atoms with Crippen molar-refractivity contribution in [1.82, 2.24) is 37.2 Å². The highest BCUT2D eigenvalue weighted by Crippen LogP contribution is 2.22. The summed E-state index contributed by atoms with van der Waals surface area (Å²) in [4.78, 5) is 141. The van der Waals surface area contributed by atoms with Crippen LogP contribution in [0.3, 0.4) is 0 Å². The third-order valence-corrected chi connectivity index (χ3v) is 11.1. The lowest BCUT2D eigenvalue weighted by Crippen LogP contribution is -2.61. The number of nitrogens with one attached hydrogen (secondary N) is 7. The minimum atomic E-state index is -2.00. The van der Waals surface area contributed by atoms with E-state index in [4.69, 9.17) is 11.5 Å². The van der Waals surface area contributed by atoms with Gasteiger partial charge in [-0.1, -0.05) is 71.1 Å². The maximum atomic E-state index is 13.6. The van der Waals surface area contributed by atoms with Gasteiger partial charge in [0.25, 0.3) is 0 Å². The van der Waals surface area contributed by atoms with E-state index in [9.17, 15) is 78.3 Å². The molecule has 0 rings (SSSR count). The lowest BCUT2D eigenvalue weighted by molar-refractivity contribution is -0.148. The number of hydrogen-bond acceptors (Lipinski definition) is 18. The molecule has 10 atom stereocenters. The summed E-state index contributed by atoms with van der Waals surface area (Å²) in [5.41, 5.74) is 8.89. The van der Waals surface area contributed by atoms with Crippen molar-refractivity contribution in [2.24, 2.45) is 11.5 Å². The Morgan fingerprint density at radius 1 is 0.521 bits per heavy atom. The normalized spacial score (nSPS) is 15.7. The van der Waals surface area contributed by atoms with Crippen LogP contribution in [0.25, 0.3) is 0 Å². The Hall–Kier alpha value is -6.03. The first-order chi connectivity index (χ1) is 33.3. The number of aliphatic hydroxyl groups excluding tert-OH is 4. The Morgan fingerprint density at radius 3 is 1.34 bits per heavy atom. The van der Waals surface area contributed by atoms with Crippen molar-refractivity contribution in [1.29, 1.82) is 0 Å². The molecule has 0 saturated carbocycles. The molecule has 0 saturated heterocycles. The molecule has 27 nitrogen and oxygen atoms in total. The smallest absolute Gasteiger partial charge is 0.331 e. The number of esters is 2. The second kappa shape index (κ2) is 34.3. The molecular weight excluding hydrogens is 943 g/mol. The van der Waals surface area contributed by atoms with Crippen LogP contribution in [-0.4, -0.2) is 178 Å². The first-order valence-electron chi connectivity index (χ1n) is 23.4.